The van der Waals surface area contributed by atoms with Gasteiger partial charge in [-0.1, -0.05) is 37.1 Å². The number of benzene rings is 3. The maximum Gasteiger partial charge on any atom is 0.119 e. The number of ether oxygens (including phenoxy) is 1. The molecule has 3 aromatic rings. The van der Waals surface area contributed by atoms with Crippen LogP contribution in [0.25, 0.3) is 0 Å². The van der Waals surface area contributed by atoms with Crippen molar-refractivity contribution in [1.29, 1.82) is 0 Å². The smallest absolute Gasteiger partial charge is 0.119 e. The zero-order chi connectivity index (χ0) is 27.0. The van der Waals surface area contributed by atoms with Crippen LogP contribution in [0.4, 0.5) is 5.69 Å². The fourth-order valence-electron chi connectivity index (χ4n) is 6.30. The summed E-state index contributed by atoms with van der Waals surface area (Å²) in [5.74, 6) is 1.96. The normalized spacial score (nSPS) is 18.1. The topological polar surface area (TPSA) is 56.2 Å². The fourth-order valence-corrected chi connectivity index (χ4v) is 6.30. The van der Waals surface area contributed by atoms with E-state index in [2.05, 4.69) is 53.1 Å². The molecule has 1 fully saturated rings. The first-order chi connectivity index (χ1) is 19.1. The van der Waals surface area contributed by atoms with Crippen LogP contribution in [0.5, 0.6) is 17.2 Å². The average molecular weight is 529 g/mol. The lowest BCUT2D eigenvalue weighted by Gasteiger charge is -2.29. The summed E-state index contributed by atoms with van der Waals surface area (Å²) in [6.45, 7) is 7.93. The third kappa shape index (κ3) is 7.27. The maximum absolute atomic E-state index is 10.4. The number of anilines is 1. The van der Waals surface area contributed by atoms with Crippen LogP contribution in [0.1, 0.15) is 73.6 Å². The van der Waals surface area contributed by atoms with Gasteiger partial charge in [-0.2, -0.15) is 0 Å². The number of rotatable bonds is 9. The minimum atomic E-state index is 0.305. The van der Waals surface area contributed by atoms with Crippen molar-refractivity contribution < 1.29 is 14.9 Å². The number of aromatic hydroxyl groups is 2. The maximum atomic E-state index is 10.4. The lowest BCUT2D eigenvalue weighted by Crippen LogP contribution is -2.29. The van der Waals surface area contributed by atoms with Crippen molar-refractivity contribution in [3.63, 3.8) is 0 Å². The third-order valence-corrected chi connectivity index (χ3v) is 8.50. The van der Waals surface area contributed by atoms with E-state index in [4.69, 9.17) is 4.74 Å². The summed E-state index contributed by atoms with van der Waals surface area (Å²) in [6, 6.07) is 20.2. The van der Waals surface area contributed by atoms with E-state index in [1.807, 2.05) is 18.2 Å². The van der Waals surface area contributed by atoms with Crippen LogP contribution >= 0.6 is 0 Å². The highest BCUT2D eigenvalue weighted by Crippen LogP contribution is 2.39. The molecule has 0 spiro atoms. The number of hydrogen-bond donors (Lipinski definition) is 2. The monoisotopic (exact) mass is 528 g/mol. The minimum absolute atomic E-state index is 0.305. The van der Waals surface area contributed by atoms with Crippen molar-refractivity contribution in [3.8, 4) is 17.2 Å². The Balaban J connectivity index is 1.25. The lowest BCUT2D eigenvalue weighted by molar-refractivity contribution is 0.214. The zero-order valence-corrected chi connectivity index (χ0v) is 23.4. The Hall–Kier alpha value is -3.18. The number of likely N-dealkylation sites (tertiary alicyclic amines) is 1. The van der Waals surface area contributed by atoms with Gasteiger partial charge in [0.25, 0.3) is 0 Å². The molecule has 0 amide bonds. The number of aryl methyl sites for hydroxylation is 1. The highest BCUT2D eigenvalue weighted by Gasteiger charge is 2.23. The highest BCUT2D eigenvalue weighted by molar-refractivity contribution is 5.59. The van der Waals surface area contributed by atoms with E-state index in [-0.39, 0.29) is 0 Å². The molecular weight excluding hydrogens is 484 g/mol. The molecule has 0 radical (unpaired) electrons. The molecule has 1 aliphatic heterocycles. The molecule has 5 nitrogen and oxygen atoms in total. The van der Waals surface area contributed by atoms with Gasteiger partial charge in [-0.25, -0.2) is 0 Å². The van der Waals surface area contributed by atoms with E-state index in [9.17, 15) is 10.2 Å². The summed E-state index contributed by atoms with van der Waals surface area (Å²) in [5, 5.41) is 20.4. The standard InChI is InChI=1S/C34H44N2O3/c1-2-36(25-26-10-15-32(16-11-26)39-21-20-35-18-5-3-4-6-19-35)34-24-31(38)14-17-33(34)29-9-7-8-27-23-30(37)13-12-28(27)22-29/h10-17,23-24,29,37-38H,2-9,18-22,25H2,1H3. The molecule has 0 bridgehead atoms. The van der Waals surface area contributed by atoms with Gasteiger partial charge in [0.15, 0.2) is 0 Å². The predicted molar refractivity (Wildman–Crippen MR) is 159 cm³/mol. The van der Waals surface area contributed by atoms with Gasteiger partial charge in [0.2, 0.25) is 0 Å². The van der Waals surface area contributed by atoms with Gasteiger partial charge < -0.3 is 19.8 Å². The van der Waals surface area contributed by atoms with Gasteiger partial charge in [0.1, 0.15) is 23.9 Å². The molecule has 1 aliphatic carbocycles. The molecule has 0 saturated carbocycles. The Kier molecular flexibility index (Phi) is 9.31. The number of phenolic OH excluding ortho intramolecular Hbond substituents is 2. The van der Waals surface area contributed by atoms with E-state index in [1.54, 1.807) is 6.07 Å². The average Bonchev–Trinajstić information content (AvgIpc) is 3.33. The van der Waals surface area contributed by atoms with E-state index in [0.29, 0.717) is 17.4 Å². The fraction of sp³-hybridized carbons (Fsp3) is 0.471. The van der Waals surface area contributed by atoms with E-state index < -0.39 is 0 Å². The molecule has 1 unspecified atom stereocenters. The van der Waals surface area contributed by atoms with Crippen LogP contribution in [0.3, 0.4) is 0 Å². The second-order valence-corrected chi connectivity index (χ2v) is 11.3. The van der Waals surface area contributed by atoms with E-state index >= 15 is 0 Å². The summed E-state index contributed by atoms with van der Waals surface area (Å²) in [6.07, 6.45) is 9.46. The molecule has 39 heavy (non-hydrogen) atoms. The van der Waals surface area contributed by atoms with Crippen LogP contribution < -0.4 is 9.64 Å². The molecule has 208 valence electrons. The molecule has 2 N–H and O–H groups in total. The summed E-state index contributed by atoms with van der Waals surface area (Å²) in [7, 11) is 0. The van der Waals surface area contributed by atoms with Gasteiger partial charge in [-0.05, 0) is 117 Å². The summed E-state index contributed by atoms with van der Waals surface area (Å²) >= 11 is 0. The molecule has 3 aromatic carbocycles. The van der Waals surface area contributed by atoms with Crippen molar-refractivity contribution in [2.24, 2.45) is 0 Å². The lowest BCUT2D eigenvalue weighted by atomic mass is 9.88. The molecule has 1 atom stereocenters. The van der Waals surface area contributed by atoms with Crippen molar-refractivity contribution in [2.45, 2.75) is 70.8 Å². The Bertz CT molecular complexity index is 1200. The number of nitrogens with zero attached hydrogens (tertiary/aromatic N) is 2. The van der Waals surface area contributed by atoms with Crippen LogP contribution in [-0.4, -0.2) is 47.9 Å². The third-order valence-electron chi connectivity index (χ3n) is 8.50. The summed E-state index contributed by atoms with van der Waals surface area (Å²) in [4.78, 5) is 4.90. The first-order valence-corrected chi connectivity index (χ1v) is 14.9. The predicted octanol–water partition coefficient (Wildman–Crippen LogP) is 7.04. The van der Waals surface area contributed by atoms with Crippen molar-refractivity contribution in [2.75, 3.05) is 37.7 Å². The number of fused-ring (bicyclic) bond motifs is 1. The first-order valence-electron chi connectivity index (χ1n) is 14.9. The molecule has 5 heteroatoms. The SMILES string of the molecule is CCN(Cc1ccc(OCCN2CCCCCC2)cc1)c1cc(O)ccc1C1CCCc2cc(O)ccc2C1. The van der Waals surface area contributed by atoms with E-state index in [0.717, 1.165) is 63.4 Å². The second-order valence-electron chi connectivity index (χ2n) is 11.3. The molecule has 1 heterocycles. The Morgan fingerprint density at radius 2 is 1.59 bits per heavy atom. The quantitative estimate of drug-likeness (QED) is 0.292. The molecule has 1 saturated heterocycles. The van der Waals surface area contributed by atoms with Crippen molar-refractivity contribution in [1.82, 2.24) is 4.90 Å². The van der Waals surface area contributed by atoms with E-state index in [1.165, 1.54) is 61.0 Å². The van der Waals surface area contributed by atoms with Gasteiger partial charge in [-0.3, -0.25) is 4.90 Å². The number of phenols is 2. The Morgan fingerprint density at radius 3 is 2.36 bits per heavy atom. The van der Waals surface area contributed by atoms with Gasteiger partial charge in [0, 0.05) is 31.4 Å². The van der Waals surface area contributed by atoms with Gasteiger partial charge in [0.05, 0.1) is 0 Å². The van der Waals surface area contributed by atoms with Gasteiger partial charge in [-0.15, -0.1) is 0 Å². The van der Waals surface area contributed by atoms with Crippen LogP contribution in [0.2, 0.25) is 0 Å². The highest BCUT2D eigenvalue weighted by atomic mass is 16.5. The van der Waals surface area contributed by atoms with Gasteiger partial charge >= 0.3 is 0 Å². The molecular formula is C34H44N2O3. The minimum Gasteiger partial charge on any atom is -0.508 e. The van der Waals surface area contributed by atoms with Crippen LogP contribution in [-0.2, 0) is 19.4 Å². The van der Waals surface area contributed by atoms with Crippen molar-refractivity contribution in [3.05, 3.63) is 82.9 Å². The van der Waals surface area contributed by atoms with Crippen LogP contribution in [0, 0.1) is 0 Å². The molecule has 0 aromatic heterocycles. The largest absolute Gasteiger partial charge is 0.508 e. The second kappa shape index (κ2) is 13.3. The molecule has 5 rings (SSSR count). The zero-order valence-electron chi connectivity index (χ0n) is 23.4. The summed E-state index contributed by atoms with van der Waals surface area (Å²) in [5.41, 5.74) is 6.22. The number of hydrogen-bond acceptors (Lipinski definition) is 5. The Morgan fingerprint density at radius 1 is 0.846 bits per heavy atom. The summed E-state index contributed by atoms with van der Waals surface area (Å²) < 4.78 is 6.08. The van der Waals surface area contributed by atoms with Crippen LogP contribution in [0.15, 0.2) is 60.7 Å². The first kappa shape index (κ1) is 27.4. The molecule has 2 aliphatic rings. The Labute approximate surface area is 234 Å². The van der Waals surface area contributed by atoms with Crippen molar-refractivity contribution >= 4 is 5.69 Å².